The van der Waals surface area contributed by atoms with Crippen molar-refractivity contribution in [3.05, 3.63) is 53.6 Å². The van der Waals surface area contributed by atoms with E-state index in [1.165, 1.54) is 4.31 Å². The van der Waals surface area contributed by atoms with Crippen molar-refractivity contribution < 1.29 is 17.9 Å². The van der Waals surface area contributed by atoms with E-state index in [1.807, 2.05) is 32.9 Å². The van der Waals surface area contributed by atoms with Gasteiger partial charge >= 0.3 is 0 Å². The molecule has 0 radical (unpaired) electrons. The number of rotatable bonds is 8. The molecule has 0 saturated heterocycles. The molecule has 0 fully saturated rings. The minimum atomic E-state index is -3.68. The first-order valence-electron chi connectivity index (χ1n) is 9.27. The zero-order valence-electron chi connectivity index (χ0n) is 17.0. The second-order valence-electron chi connectivity index (χ2n) is 6.75. The summed E-state index contributed by atoms with van der Waals surface area (Å²) in [5.41, 5.74) is 2.86. The smallest absolute Gasteiger partial charge is 0.248 e. The zero-order chi connectivity index (χ0) is 20.9. The molecule has 0 aliphatic carbocycles. The largest absolute Gasteiger partial charge is 0.492 e. The topological polar surface area (TPSA) is 75.7 Å². The van der Waals surface area contributed by atoms with Gasteiger partial charge in [-0.1, -0.05) is 25.1 Å². The van der Waals surface area contributed by atoms with Crippen LogP contribution < -0.4 is 14.4 Å². The molecule has 0 aromatic heterocycles. The number of aryl methyl sites for hydroxylation is 2. The number of hydrogen-bond acceptors (Lipinski definition) is 4. The Kier molecular flexibility index (Phi) is 7.07. The highest BCUT2D eigenvalue weighted by atomic mass is 32.2. The monoisotopic (exact) mass is 404 g/mol. The van der Waals surface area contributed by atoms with Crippen LogP contribution in [0.25, 0.3) is 0 Å². The van der Waals surface area contributed by atoms with Gasteiger partial charge in [-0.15, -0.1) is 0 Å². The van der Waals surface area contributed by atoms with Crippen molar-refractivity contribution in [1.29, 1.82) is 0 Å². The van der Waals surface area contributed by atoms with Crippen LogP contribution in [0.15, 0.2) is 42.5 Å². The second kappa shape index (κ2) is 9.10. The van der Waals surface area contributed by atoms with Crippen LogP contribution in [0.3, 0.4) is 0 Å². The third-order valence-electron chi connectivity index (χ3n) is 4.24. The Morgan fingerprint density at radius 1 is 1.11 bits per heavy atom. The number of anilines is 2. The molecular weight excluding hydrogens is 376 g/mol. The number of amides is 1. The third-order valence-corrected chi connectivity index (χ3v) is 5.42. The minimum Gasteiger partial charge on any atom is -0.492 e. The number of hydrogen-bond donors (Lipinski definition) is 1. The molecule has 7 heteroatoms. The van der Waals surface area contributed by atoms with Crippen molar-refractivity contribution in [3.8, 4) is 5.75 Å². The van der Waals surface area contributed by atoms with E-state index < -0.39 is 22.0 Å². The highest BCUT2D eigenvalue weighted by Gasteiger charge is 2.32. The molecule has 2 aromatic rings. The molecule has 0 saturated carbocycles. The van der Waals surface area contributed by atoms with E-state index in [0.717, 1.165) is 17.4 Å². The molecule has 28 heavy (non-hydrogen) atoms. The third kappa shape index (κ3) is 5.25. The Morgan fingerprint density at radius 2 is 1.71 bits per heavy atom. The summed E-state index contributed by atoms with van der Waals surface area (Å²) in [5, 5.41) is 2.83. The molecule has 2 rings (SSSR count). The Hall–Kier alpha value is -2.54. The highest BCUT2D eigenvalue weighted by Crippen LogP contribution is 2.28. The van der Waals surface area contributed by atoms with Crippen LogP contribution in [0.5, 0.6) is 5.75 Å². The van der Waals surface area contributed by atoms with E-state index in [9.17, 15) is 13.2 Å². The van der Waals surface area contributed by atoms with Gasteiger partial charge in [-0.05, 0) is 62.6 Å². The summed E-state index contributed by atoms with van der Waals surface area (Å²) in [5.74, 6) is 0.143. The molecule has 1 atom stereocenters. The number of carbonyl (C=O) groups excluding carboxylic acids is 1. The van der Waals surface area contributed by atoms with Crippen molar-refractivity contribution in [3.63, 3.8) is 0 Å². The van der Waals surface area contributed by atoms with Gasteiger partial charge in [0.05, 0.1) is 24.2 Å². The molecule has 1 N–H and O–H groups in total. The van der Waals surface area contributed by atoms with E-state index in [4.69, 9.17) is 4.74 Å². The van der Waals surface area contributed by atoms with Gasteiger partial charge in [-0.25, -0.2) is 8.42 Å². The van der Waals surface area contributed by atoms with Gasteiger partial charge in [0.25, 0.3) is 0 Å². The molecule has 0 spiro atoms. The number of nitrogens with one attached hydrogen (secondary N) is 1. The molecule has 0 heterocycles. The summed E-state index contributed by atoms with van der Waals surface area (Å²) >= 11 is 0. The fourth-order valence-electron chi connectivity index (χ4n) is 3.21. The van der Waals surface area contributed by atoms with Crippen molar-refractivity contribution >= 4 is 27.3 Å². The summed E-state index contributed by atoms with van der Waals surface area (Å²) < 4.78 is 32.0. The number of ether oxygens (including phenoxy) is 1. The first kappa shape index (κ1) is 21.8. The molecule has 6 nitrogen and oxygen atoms in total. The molecule has 152 valence electrons. The number of nitrogens with zero attached hydrogens (tertiary/aromatic N) is 1. The maximum absolute atomic E-state index is 13.1. The Bertz CT molecular complexity index is 921. The van der Waals surface area contributed by atoms with Crippen LogP contribution in [0.1, 0.15) is 31.4 Å². The first-order valence-corrected chi connectivity index (χ1v) is 11.1. The minimum absolute atomic E-state index is 0.322. The van der Waals surface area contributed by atoms with Crippen LogP contribution in [0.2, 0.25) is 0 Å². The van der Waals surface area contributed by atoms with Gasteiger partial charge < -0.3 is 10.1 Å². The first-order chi connectivity index (χ1) is 13.2. The molecule has 0 aliphatic heterocycles. The standard InChI is InChI=1S/C21H28N2O4S/c1-6-19(21(24)22-18-10-8-9-11-20(18)27-7-2)23(28(5,25)26)17-13-15(3)12-16(4)14-17/h8-14,19H,6-7H2,1-5H3,(H,22,24)/t19-/m1/s1. The predicted molar refractivity (Wildman–Crippen MR) is 114 cm³/mol. The molecule has 0 unspecified atom stereocenters. The number of benzene rings is 2. The molecule has 0 bridgehead atoms. The van der Waals surface area contributed by atoms with Crippen molar-refractivity contribution in [2.24, 2.45) is 0 Å². The average Bonchev–Trinajstić information content (AvgIpc) is 2.59. The number of para-hydroxylation sites is 2. The Morgan fingerprint density at radius 3 is 2.25 bits per heavy atom. The van der Waals surface area contributed by atoms with Gasteiger partial charge in [0, 0.05) is 0 Å². The summed E-state index contributed by atoms with van der Waals surface area (Å²) in [7, 11) is -3.68. The van der Waals surface area contributed by atoms with E-state index in [-0.39, 0.29) is 0 Å². The van der Waals surface area contributed by atoms with E-state index >= 15 is 0 Å². The van der Waals surface area contributed by atoms with Crippen LogP contribution in [0.4, 0.5) is 11.4 Å². The van der Waals surface area contributed by atoms with E-state index in [1.54, 1.807) is 37.3 Å². The summed E-state index contributed by atoms with van der Waals surface area (Å²) in [6.45, 7) is 7.91. The van der Waals surface area contributed by atoms with Crippen molar-refractivity contribution in [1.82, 2.24) is 0 Å². The van der Waals surface area contributed by atoms with Gasteiger partial charge in [-0.3, -0.25) is 9.10 Å². The van der Waals surface area contributed by atoms with E-state index in [2.05, 4.69) is 5.32 Å². The normalized spacial score (nSPS) is 12.3. The number of carbonyl (C=O) groups is 1. The zero-order valence-corrected chi connectivity index (χ0v) is 17.8. The SMILES string of the molecule is CCOc1ccccc1NC(=O)[C@@H](CC)N(c1cc(C)cc(C)c1)S(C)(=O)=O. The van der Waals surface area contributed by atoms with Gasteiger partial charge in [0.1, 0.15) is 11.8 Å². The summed E-state index contributed by atoms with van der Waals surface area (Å²) in [4.78, 5) is 13.1. The lowest BCUT2D eigenvalue weighted by molar-refractivity contribution is -0.117. The fraction of sp³-hybridized carbons (Fsp3) is 0.381. The maximum atomic E-state index is 13.1. The van der Waals surface area contributed by atoms with Gasteiger partial charge in [0.2, 0.25) is 15.9 Å². The van der Waals surface area contributed by atoms with Crippen LogP contribution in [-0.4, -0.2) is 33.2 Å². The maximum Gasteiger partial charge on any atom is 0.248 e. The van der Waals surface area contributed by atoms with Crippen LogP contribution in [0, 0.1) is 13.8 Å². The molecule has 2 aromatic carbocycles. The summed E-state index contributed by atoms with van der Waals surface area (Å²) in [6.07, 6.45) is 1.44. The fourth-order valence-corrected chi connectivity index (χ4v) is 4.40. The molecule has 1 amide bonds. The Labute approximate surface area is 167 Å². The lowest BCUT2D eigenvalue weighted by atomic mass is 10.1. The second-order valence-corrected chi connectivity index (χ2v) is 8.61. The van der Waals surface area contributed by atoms with Gasteiger partial charge in [-0.2, -0.15) is 0 Å². The lowest BCUT2D eigenvalue weighted by Gasteiger charge is -2.30. The van der Waals surface area contributed by atoms with Crippen LogP contribution in [-0.2, 0) is 14.8 Å². The average molecular weight is 405 g/mol. The quantitative estimate of drug-likeness (QED) is 0.724. The van der Waals surface area contributed by atoms with Crippen molar-refractivity contribution in [2.45, 2.75) is 40.2 Å². The summed E-state index contributed by atoms with van der Waals surface area (Å²) in [6, 6.07) is 11.7. The Balaban J connectivity index is 2.43. The highest BCUT2D eigenvalue weighted by molar-refractivity contribution is 7.92. The molecular formula is C21H28N2O4S. The van der Waals surface area contributed by atoms with Gasteiger partial charge in [0.15, 0.2) is 0 Å². The number of sulfonamides is 1. The predicted octanol–water partition coefficient (Wildman–Crippen LogP) is 3.89. The lowest BCUT2D eigenvalue weighted by Crippen LogP contribution is -2.47. The van der Waals surface area contributed by atoms with Crippen molar-refractivity contribution in [2.75, 3.05) is 22.5 Å². The molecule has 0 aliphatic rings. The van der Waals surface area contributed by atoms with E-state index in [0.29, 0.717) is 30.2 Å². The van der Waals surface area contributed by atoms with Crippen LogP contribution >= 0.6 is 0 Å².